The molecule has 1 aliphatic rings. The maximum Gasteiger partial charge on any atom is 0.331 e. The molecule has 0 aromatic heterocycles. The van der Waals surface area contributed by atoms with Crippen LogP contribution in [0.2, 0.25) is 0 Å². The molecule has 1 atom stereocenters. The molecule has 1 aromatic rings. The van der Waals surface area contributed by atoms with Gasteiger partial charge in [-0.3, -0.25) is 9.69 Å². The Morgan fingerprint density at radius 3 is 2.14 bits per heavy atom. The number of nitrogens with one attached hydrogen (secondary N) is 2. The highest BCUT2D eigenvalue weighted by Crippen LogP contribution is 2.44. The number of benzene rings is 1. The van der Waals surface area contributed by atoms with Gasteiger partial charge < -0.3 is 20.1 Å². The molecule has 2 N–H and O–H groups in total. The number of likely N-dealkylation sites (tertiary alicyclic amines) is 1. The van der Waals surface area contributed by atoms with E-state index in [0.717, 1.165) is 18.4 Å². The molecule has 8 nitrogen and oxygen atoms in total. The van der Waals surface area contributed by atoms with Crippen LogP contribution in [0, 0.1) is 6.92 Å². The van der Waals surface area contributed by atoms with Crippen molar-refractivity contribution in [3.8, 4) is 0 Å². The van der Waals surface area contributed by atoms with E-state index >= 15 is 0 Å². The average molecular weight is 490 g/mol. The number of carbonyl (C=O) groups is 3. The molecule has 8 heteroatoms. The summed E-state index contributed by atoms with van der Waals surface area (Å²) >= 11 is 0. The van der Waals surface area contributed by atoms with Gasteiger partial charge in [0, 0.05) is 29.7 Å². The van der Waals surface area contributed by atoms with E-state index in [4.69, 9.17) is 9.47 Å². The Morgan fingerprint density at radius 2 is 1.63 bits per heavy atom. The Kier molecular flexibility index (Phi) is 9.34. The van der Waals surface area contributed by atoms with Gasteiger partial charge in [-0.15, -0.1) is 0 Å². The minimum absolute atomic E-state index is 0.190. The lowest BCUT2D eigenvalue weighted by Gasteiger charge is -2.58. The average Bonchev–Trinajstić information content (AvgIpc) is 2.75. The summed E-state index contributed by atoms with van der Waals surface area (Å²) < 4.78 is 10.8. The van der Waals surface area contributed by atoms with Gasteiger partial charge in [-0.2, -0.15) is 0 Å². The highest BCUT2D eigenvalue weighted by atomic mass is 16.5. The molecule has 2 amide bonds. The third kappa shape index (κ3) is 7.43. The quantitative estimate of drug-likeness (QED) is 0.484. The first-order valence-electron chi connectivity index (χ1n) is 12.5. The van der Waals surface area contributed by atoms with Gasteiger partial charge in [0.25, 0.3) is 0 Å². The molecular formula is C27H43N3O5. The Hall–Kier alpha value is -2.61. The smallest absolute Gasteiger partial charge is 0.331 e. The number of rotatable bonds is 9. The number of unbranched alkanes of at least 4 members (excludes halogenated alkanes) is 1. The highest BCUT2D eigenvalue weighted by molar-refractivity contribution is 5.94. The van der Waals surface area contributed by atoms with Crippen LogP contribution in [0.3, 0.4) is 0 Å². The van der Waals surface area contributed by atoms with E-state index in [0.29, 0.717) is 31.5 Å². The summed E-state index contributed by atoms with van der Waals surface area (Å²) in [6, 6.07) is 7.00. The van der Waals surface area contributed by atoms with E-state index in [1.54, 1.807) is 0 Å². The minimum atomic E-state index is -1.21. The third-order valence-corrected chi connectivity index (χ3v) is 6.68. The molecule has 1 saturated heterocycles. The molecule has 196 valence electrons. The van der Waals surface area contributed by atoms with Crippen LogP contribution in [-0.2, 0) is 19.1 Å². The number of anilines is 1. The van der Waals surface area contributed by atoms with Crippen LogP contribution in [0.5, 0.6) is 0 Å². The summed E-state index contributed by atoms with van der Waals surface area (Å²) in [5.74, 6) is -0.665. The number of carbonyl (C=O) groups excluding carboxylic acids is 3. The molecule has 1 heterocycles. The predicted octanol–water partition coefficient (Wildman–Crippen LogP) is 4.80. The van der Waals surface area contributed by atoms with Crippen LogP contribution in [-0.4, -0.2) is 59.2 Å². The number of aryl methyl sites for hydroxylation is 1. The predicted molar refractivity (Wildman–Crippen MR) is 137 cm³/mol. The van der Waals surface area contributed by atoms with Crippen molar-refractivity contribution >= 4 is 23.7 Å². The van der Waals surface area contributed by atoms with Crippen molar-refractivity contribution < 1.29 is 23.9 Å². The SMILES string of the molecule is CCCCC(=O)OC(C)CN1C(C)(C)CC(NC(=O)Nc2ccc(C)cc2)(C(=O)OC)CC1(C)C. The molecule has 35 heavy (non-hydrogen) atoms. The molecule has 0 saturated carbocycles. The van der Waals surface area contributed by atoms with Gasteiger partial charge in [0.05, 0.1) is 7.11 Å². The van der Waals surface area contributed by atoms with Gasteiger partial charge in [-0.25, -0.2) is 9.59 Å². The summed E-state index contributed by atoms with van der Waals surface area (Å²) in [5.41, 5.74) is -0.492. The van der Waals surface area contributed by atoms with Crippen molar-refractivity contribution in [2.75, 3.05) is 19.0 Å². The van der Waals surface area contributed by atoms with E-state index in [-0.39, 0.29) is 12.1 Å². The van der Waals surface area contributed by atoms with Gasteiger partial charge in [0.15, 0.2) is 0 Å². The fraction of sp³-hybridized carbons (Fsp3) is 0.667. The van der Waals surface area contributed by atoms with Crippen molar-refractivity contribution in [1.29, 1.82) is 0 Å². The highest BCUT2D eigenvalue weighted by Gasteiger charge is 2.57. The van der Waals surface area contributed by atoms with Gasteiger partial charge in [-0.1, -0.05) is 31.0 Å². The second-order valence-corrected chi connectivity index (χ2v) is 11.0. The Labute approximate surface area is 210 Å². The van der Waals surface area contributed by atoms with Crippen LogP contribution in [0.4, 0.5) is 10.5 Å². The number of amides is 2. The molecule has 1 aliphatic heterocycles. The van der Waals surface area contributed by atoms with Crippen LogP contribution in [0.25, 0.3) is 0 Å². The molecule has 0 spiro atoms. The molecule has 0 bridgehead atoms. The zero-order valence-corrected chi connectivity index (χ0v) is 22.6. The lowest BCUT2D eigenvalue weighted by Crippen LogP contribution is -2.72. The normalized spacial score (nSPS) is 19.3. The maximum atomic E-state index is 13.1. The van der Waals surface area contributed by atoms with Crippen molar-refractivity contribution in [2.24, 2.45) is 0 Å². The number of methoxy groups -OCH3 is 1. The second-order valence-electron chi connectivity index (χ2n) is 11.0. The lowest BCUT2D eigenvalue weighted by molar-refractivity contribution is -0.163. The third-order valence-electron chi connectivity index (χ3n) is 6.68. The number of urea groups is 1. The first-order chi connectivity index (χ1) is 16.2. The fourth-order valence-electron chi connectivity index (χ4n) is 5.44. The van der Waals surface area contributed by atoms with Crippen LogP contribution < -0.4 is 10.6 Å². The largest absolute Gasteiger partial charge is 0.467 e. The summed E-state index contributed by atoms with van der Waals surface area (Å²) in [7, 11) is 1.34. The van der Waals surface area contributed by atoms with Crippen LogP contribution in [0.15, 0.2) is 24.3 Å². The number of nitrogens with zero attached hydrogens (tertiary/aromatic N) is 1. The summed E-state index contributed by atoms with van der Waals surface area (Å²) in [6.07, 6.45) is 2.54. The summed E-state index contributed by atoms with van der Waals surface area (Å²) in [6.45, 7) is 14.6. The minimum Gasteiger partial charge on any atom is -0.467 e. The Balaban J connectivity index is 2.22. The van der Waals surface area contributed by atoms with Gasteiger partial charge in [0.1, 0.15) is 11.6 Å². The van der Waals surface area contributed by atoms with Crippen molar-refractivity contribution in [3.63, 3.8) is 0 Å². The topological polar surface area (TPSA) is 97.0 Å². The van der Waals surface area contributed by atoms with Gasteiger partial charge in [0.2, 0.25) is 0 Å². The first-order valence-corrected chi connectivity index (χ1v) is 12.5. The van der Waals surface area contributed by atoms with Crippen molar-refractivity contribution in [1.82, 2.24) is 10.2 Å². The fourth-order valence-corrected chi connectivity index (χ4v) is 5.44. The van der Waals surface area contributed by atoms with E-state index in [2.05, 4.69) is 15.5 Å². The van der Waals surface area contributed by atoms with Gasteiger partial charge >= 0.3 is 18.0 Å². The lowest BCUT2D eigenvalue weighted by atomic mass is 9.68. The standard InChI is InChI=1S/C27H43N3O5/c1-9-10-11-22(31)35-20(3)16-30-25(4,5)17-27(23(32)34-8,18-26(30,6)7)29-24(33)28-21-14-12-19(2)13-15-21/h12-15,20H,9-11,16-18H2,1-8H3,(H2,28,29,33). The second kappa shape index (κ2) is 11.4. The van der Waals surface area contributed by atoms with E-state index in [1.165, 1.54) is 7.11 Å². The first kappa shape index (κ1) is 28.6. The maximum absolute atomic E-state index is 13.1. The Bertz CT molecular complexity index is 877. The van der Waals surface area contributed by atoms with Crippen molar-refractivity contribution in [2.45, 2.75) is 103 Å². The number of ether oxygens (including phenoxy) is 2. The van der Waals surface area contributed by atoms with Crippen LogP contribution in [0.1, 0.15) is 79.2 Å². The molecule has 1 unspecified atom stereocenters. The zero-order chi connectivity index (χ0) is 26.4. The Morgan fingerprint density at radius 1 is 1.06 bits per heavy atom. The van der Waals surface area contributed by atoms with E-state index < -0.39 is 28.6 Å². The van der Waals surface area contributed by atoms with E-state index in [9.17, 15) is 14.4 Å². The van der Waals surface area contributed by atoms with E-state index in [1.807, 2.05) is 72.7 Å². The number of esters is 2. The summed E-state index contributed by atoms with van der Waals surface area (Å²) in [4.78, 5) is 40.5. The van der Waals surface area contributed by atoms with Crippen LogP contribution >= 0.6 is 0 Å². The molecule has 1 aromatic carbocycles. The number of piperidine rings is 1. The number of hydrogen-bond donors (Lipinski definition) is 2. The molecule has 1 fully saturated rings. The summed E-state index contributed by atoms with van der Waals surface area (Å²) in [5, 5.41) is 5.78. The molecule has 2 rings (SSSR count). The molecule has 0 aliphatic carbocycles. The van der Waals surface area contributed by atoms with Crippen molar-refractivity contribution in [3.05, 3.63) is 29.8 Å². The molecular weight excluding hydrogens is 446 g/mol. The monoisotopic (exact) mass is 489 g/mol. The zero-order valence-electron chi connectivity index (χ0n) is 22.6. The molecule has 0 radical (unpaired) electrons. The van der Waals surface area contributed by atoms with Gasteiger partial charge in [-0.05, 0) is 72.9 Å². The number of hydrogen-bond acceptors (Lipinski definition) is 6.